The maximum absolute atomic E-state index is 17.3. The molecule has 5 saturated heterocycles. The number of hydrogen-bond donors (Lipinski definition) is 2. The van der Waals surface area contributed by atoms with Crippen molar-refractivity contribution >= 4 is 60.7 Å². The van der Waals surface area contributed by atoms with E-state index in [0.29, 0.717) is 30.9 Å². The van der Waals surface area contributed by atoms with Crippen molar-refractivity contribution in [3.63, 3.8) is 0 Å². The number of carbonyl (C=O) groups is 1. The second-order valence-corrected chi connectivity index (χ2v) is 16.8. The Labute approximate surface area is 319 Å². The summed E-state index contributed by atoms with van der Waals surface area (Å²) in [7, 11) is 0. The van der Waals surface area contributed by atoms with Crippen LogP contribution in [0.2, 0.25) is 5.02 Å². The van der Waals surface area contributed by atoms with Crippen LogP contribution in [0.4, 0.5) is 19.6 Å². The first-order valence-corrected chi connectivity index (χ1v) is 19.8. The van der Waals surface area contributed by atoms with Crippen LogP contribution in [0.1, 0.15) is 55.7 Å². The number of halogens is 3. The van der Waals surface area contributed by atoms with Gasteiger partial charge in [-0.3, -0.25) is 15.0 Å². The summed E-state index contributed by atoms with van der Waals surface area (Å²) >= 11 is 7.91. The lowest BCUT2D eigenvalue weighted by Gasteiger charge is -2.42. The molecule has 5 aromatic rings. The number of anilines is 2. The molecule has 3 aromatic carbocycles. The highest BCUT2D eigenvalue weighted by atomic mass is 35.5. The third-order valence-corrected chi connectivity index (χ3v) is 13.7. The molecule has 2 bridgehead atoms. The summed E-state index contributed by atoms with van der Waals surface area (Å²) in [5.74, 6) is -0.679. The van der Waals surface area contributed by atoms with Gasteiger partial charge in [0.25, 0.3) is 0 Å². The van der Waals surface area contributed by atoms with Crippen molar-refractivity contribution < 1.29 is 18.3 Å². The lowest BCUT2D eigenvalue weighted by atomic mass is 9.95. The molecule has 14 heteroatoms. The van der Waals surface area contributed by atoms with E-state index >= 15 is 8.78 Å². The van der Waals surface area contributed by atoms with Crippen LogP contribution in [0, 0.1) is 23.0 Å². The van der Waals surface area contributed by atoms with Crippen LogP contribution in [-0.4, -0.2) is 82.1 Å². The predicted molar refractivity (Wildman–Crippen MR) is 205 cm³/mol. The summed E-state index contributed by atoms with van der Waals surface area (Å²) in [5, 5.41) is 14.2. The highest BCUT2D eigenvalue weighted by molar-refractivity contribution is 7.23. The SMILES string of the molecule is N#Cc1c(N)sc2c(F)ccc(-c3c(Cl)cc4c(N5CC6CCC(C5)N6C(=O)[C@@H]5N[C@H]5c5ccccc5)nc(OCC56CCCN5CCC6)nc4c3F)c12. The number of aromatic nitrogens is 2. The van der Waals surface area contributed by atoms with Crippen molar-refractivity contribution in [2.75, 3.05) is 43.4 Å². The standard InChI is InChI=1S/C40H37ClF2N8O2S/c41-27-16-25-33(31(43)30(27)24-10-11-28(42)35-29(24)26(17-44)36(45)54-35)47-39(53-20-40-12-4-14-50(40)15-5-13-40)48-37(25)49-18-22-8-9-23(19-49)51(22)38(52)34-32(46-34)21-6-2-1-3-7-21/h1-3,6-7,10-11,16,22-23,32,34,46H,4-5,8-9,12-15,18-20,45H2/t22?,23?,32-,34+/m0/s1. The van der Waals surface area contributed by atoms with Crippen molar-refractivity contribution in [3.8, 4) is 23.2 Å². The lowest BCUT2D eigenvalue weighted by Crippen LogP contribution is -2.57. The smallest absolute Gasteiger partial charge is 0.319 e. The molecule has 276 valence electrons. The molecular weight excluding hydrogens is 730 g/mol. The highest BCUT2D eigenvalue weighted by Gasteiger charge is 2.52. The molecule has 4 atom stereocenters. The first-order chi connectivity index (χ1) is 26.2. The fourth-order valence-corrected chi connectivity index (χ4v) is 11.0. The Morgan fingerprint density at radius 1 is 1.09 bits per heavy atom. The molecule has 54 heavy (non-hydrogen) atoms. The Morgan fingerprint density at radius 3 is 2.56 bits per heavy atom. The molecule has 10 rings (SSSR count). The maximum Gasteiger partial charge on any atom is 0.319 e. The largest absolute Gasteiger partial charge is 0.461 e. The maximum atomic E-state index is 17.3. The van der Waals surface area contributed by atoms with Crippen LogP contribution in [0.25, 0.3) is 32.1 Å². The fourth-order valence-electron chi connectivity index (χ4n) is 9.78. The van der Waals surface area contributed by atoms with Crippen LogP contribution in [0.3, 0.4) is 0 Å². The molecule has 0 aliphatic carbocycles. The van der Waals surface area contributed by atoms with Crippen LogP contribution in [0.15, 0.2) is 48.5 Å². The summed E-state index contributed by atoms with van der Waals surface area (Å²) in [6, 6.07) is 16.1. The number of carbonyl (C=O) groups excluding carboxylic acids is 1. The van der Waals surface area contributed by atoms with Crippen molar-refractivity contribution in [1.82, 2.24) is 25.1 Å². The Bertz CT molecular complexity index is 2380. The van der Waals surface area contributed by atoms with Gasteiger partial charge in [0.05, 0.1) is 26.9 Å². The van der Waals surface area contributed by atoms with E-state index in [1.807, 2.05) is 30.3 Å². The summed E-state index contributed by atoms with van der Waals surface area (Å²) < 4.78 is 38.9. The van der Waals surface area contributed by atoms with Gasteiger partial charge in [-0.05, 0) is 74.9 Å². The molecule has 2 unspecified atom stereocenters. The van der Waals surface area contributed by atoms with Crippen LogP contribution in [0.5, 0.6) is 6.01 Å². The number of hydrogen-bond acceptors (Lipinski definition) is 10. The van der Waals surface area contributed by atoms with Crippen molar-refractivity contribution in [2.24, 2.45) is 0 Å². The molecule has 3 N–H and O–H groups in total. The lowest BCUT2D eigenvalue weighted by molar-refractivity contribution is -0.134. The van der Waals surface area contributed by atoms with Gasteiger partial charge < -0.3 is 20.3 Å². The third kappa shape index (κ3) is 5.25. The van der Waals surface area contributed by atoms with E-state index in [-0.39, 0.29) is 83.9 Å². The second-order valence-electron chi connectivity index (χ2n) is 15.3. The summed E-state index contributed by atoms with van der Waals surface area (Å²) in [4.78, 5) is 30.2. The van der Waals surface area contributed by atoms with E-state index < -0.39 is 11.6 Å². The Balaban J connectivity index is 1.04. The van der Waals surface area contributed by atoms with Gasteiger partial charge >= 0.3 is 6.01 Å². The third-order valence-electron chi connectivity index (χ3n) is 12.4. The number of nitrogens with zero attached hydrogens (tertiary/aromatic N) is 6. The number of nitrogen functional groups attached to an aromatic ring is 1. The van der Waals surface area contributed by atoms with Gasteiger partial charge in [-0.2, -0.15) is 15.2 Å². The number of rotatable bonds is 7. The van der Waals surface area contributed by atoms with E-state index in [1.165, 1.54) is 12.1 Å². The Hall–Kier alpha value is -4.61. The van der Waals surface area contributed by atoms with Gasteiger partial charge in [0.15, 0.2) is 5.82 Å². The zero-order valence-corrected chi connectivity index (χ0v) is 30.9. The van der Waals surface area contributed by atoms with Crippen molar-refractivity contribution in [3.05, 3.63) is 76.3 Å². The number of nitrogens with one attached hydrogen (secondary N) is 1. The van der Waals surface area contributed by atoms with E-state index in [1.54, 1.807) is 6.07 Å². The fraction of sp³-hybridized carbons (Fsp3) is 0.400. The van der Waals surface area contributed by atoms with Crippen molar-refractivity contribution in [1.29, 1.82) is 5.26 Å². The first kappa shape index (κ1) is 33.9. The molecule has 7 heterocycles. The zero-order valence-electron chi connectivity index (χ0n) is 29.3. The number of benzene rings is 3. The molecule has 10 nitrogen and oxygen atoms in total. The van der Waals surface area contributed by atoms with E-state index in [4.69, 9.17) is 32.0 Å². The van der Waals surface area contributed by atoms with Gasteiger partial charge in [0, 0.05) is 41.5 Å². The number of fused-ring (bicyclic) bond motifs is 5. The quantitative estimate of drug-likeness (QED) is 0.172. The van der Waals surface area contributed by atoms with Gasteiger partial charge in [0.1, 0.15) is 40.9 Å². The number of piperazine rings is 1. The minimum Gasteiger partial charge on any atom is -0.461 e. The van der Waals surface area contributed by atoms with Gasteiger partial charge in [-0.15, -0.1) is 11.3 Å². The minimum atomic E-state index is -0.724. The molecule has 0 radical (unpaired) electrons. The van der Waals surface area contributed by atoms with Crippen LogP contribution in [-0.2, 0) is 4.79 Å². The molecule has 1 amide bonds. The minimum absolute atomic E-state index is 0.00388. The van der Waals surface area contributed by atoms with E-state index in [2.05, 4.69) is 26.1 Å². The van der Waals surface area contributed by atoms with Gasteiger partial charge in [-0.25, -0.2) is 8.78 Å². The number of nitriles is 1. The van der Waals surface area contributed by atoms with Crippen LogP contribution < -0.4 is 20.7 Å². The average Bonchev–Trinajstić information content (AvgIpc) is 3.36. The van der Waals surface area contributed by atoms with Gasteiger partial charge in [-0.1, -0.05) is 48.0 Å². The van der Waals surface area contributed by atoms with E-state index in [0.717, 1.165) is 68.5 Å². The molecule has 2 aromatic heterocycles. The topological polar surface area (TPSA) is 134 Å². The highest BCUT2D eigenvalue weighted by Crippen LogP contribution is 2.47. The predicted octanol–water partition coefficient (Wildman–Crippen LogP) is 6.80. The summed E-state index contributed by atoms with van der Waals surface area (Å²) in [6.07, 6.45) is 5.95. The van der Waals surface area contributed by atoms with E-state index in [9.17, 15) is 10.1 Å². The Kier molecular flexibility index (Phi) is 8.00. The molecule has 5 fully saturated rings. The number of amides is 1. The van der Waals surface area contributed by atoms with Crippen molar-refractivity contribution in [2.45, 2.75) is 68.2 Å². The molecule has 5 aliphatic rings. The first-order valence-electron chi connectivity index (χ1n) is 18.6. The monoisotopic (exact) mass is 766 g/mol. The Morgan fingerprint density at radius 2 is 1.83 bits per heavy atom. The molecule has 5 aliphatic heterocycles. The zero-order chi connectivity index (χ0) is 36.9. The van der Waals surface area contributed by atoms with Crippen LogP contribution >= 0.6 is 22.9 Å². The number of ether oxygens (including phenoxy) is 1. The molecular formula is C40H37ClF2N8O2S. The average molecular weight is 767 g/mol. The van der Waals surface area contributed by atoms with Gasteiger partial charge in [0.2, 0.25) is 5.91 Å². The summed E-state index contributed by atoms with van der Waals surface area (Å²) in [5.41, 5.74) is 7.48. The second kappa shape index (κ2) is 12.7. The normalized spacial score (nSPS) is 24.3. The molecule has 0 spiro atoms. The summed E-state index contributed by atoms with van der Waals surface area (Å²) in [6.45, 7) is 3.47. The number of thiophene rings is 1. The molecule has 0 saturated carbocycles. The number of nitrogens with two attached hydrogens (primary N) is 1.